The standard InChI is InChI=1S/C9H19N2O15P3/c12-5-1-2-11(9(15)10-5)8-7(14)6(13)4(24-8)3-23-28(19,20)26-29(21,22)25-27(16,17)18/h4-8,12-14H,1-3H2,(H,10,15)(H,19,20)(H,21,22)(H2,16,17,18)/t4-,5?,6-,7-,8-/m1/s1. The van der Waals surface area contributed by atoms with Gasteiger partial charge in [-0.05, 0) is 0 Å². The van der Waals surface area contributed by atoms with Crippen LogP contribution in [0.3, 0.4) is 0 Å². The number of urea groups is 1. The molecule has 0 saturated carbocycles. The zero-order valence-electron chi connectivity index (χ0n) is 14.2. The summed E-state index contributed by atoms with van der Waals surface area (Å²) in [5.74, 6) is 0. The first-order valence-electron chi connectivity index (χ1n) is 7.65. The molecule has 0 aromatic rings. The fourth-order valence-corrected chi connectivity index (χ4v) is 5.53. The predicted octanol–water partition coefficient (Wildman–Crippen LogP) is -2.49. The molecule has 0 aromatic carbocycles. The molecule has 17 nitrogen and oxygen atoms in total. The van der Waals surface area contributed by atoms with Gasteiger partial charge in [0, 0.05) is 13.0 Å². The summed E-state index contributed by atoms with van der Waals surface area (Å²) < 4.78 is 50.1. The van der Waals surface area contributed by atoms with Crippen molar-refractivity contribution in [3.8, 4) is 0 Å². The van der Waals surface area contributed by atoms with Crippen LogP contribution >= 0.6 is 23.5 Å². The number of aliphatic hydroxyl groups excluding tert-OH is 3. The van der Waals surface area contributed by atoms with E-state index in [0.29, 0.717) is 0 Å². The van der Waals surface area contributed by atoms with Crippen molar-refractivity contribution in [3.05, 3.63) is 0 Å². The minimum atomic E-state index is -5.71. The molecule has 29 heavy (non-hydrogen) atoms. The van der Waals surface area contributed by atoms with E-state index in [1.807, 2.05) is 0 Å². The van der Waals surface area contributed by atoms with Crippen molar-refractivity contribution in [1.29, 1.82) is 0 Å². The molecular weight excluding hydrogens is 469 g/mol. The van der Waals surface area contributed by atoms with Crippen molar-refractivity contribution >= 4 is 29.5 Å². The molecule has 0 spiro atoms. The molecule has 8 N–H and O–H groups in total. The van der Waals surface area contributed by atoms with Gasteiger partial charge >= 0.3 is 29.5 Å². The summed E-state index contributed by atoms with van der Waals surface area (Å²) in [6.07, 6.45) is -7.35. The van der Waals surface area contributed by atoms with Gasteiger partial charge in [-0.2, -0.15) is 8.62 Å². The van der Waals surface area contributed by atoms with Gasteiger partial charge in [0.2, 0.25) is 0 Å². The van der Waals surface area contributed by atoms with E-state index in [2.05, 4.69) is 18.5 Å². The first-order valence-corrected chi connectivity index (χ1v) is 12.2. The van der Waals surface area contributed by atoms with Crippen molar-refractivity contribution in [2.24, 2.45) is 0 Å². The number of carbonyl (C=O) groups excluding carboxylic acids is 1. The second kappa shape index (κ2) is 8.94. The maximum absolute atomic E-state index is 11.8. The molecule has 0 aliphatic carbocycles. The van der Waals surface area contributed by atoms with Crippen LogP contribution in [0, 0.1) is 0 Å². The van der Waals surface area contributed by atoms with Crippen LogP contribution in [-0.4, -0.2) is 89.7 Å². The Bertz CT molecular complexity index is 757. The third kappa shape index (κ3) is 7.02. The summed E-state index contributed by atoms with van der Waals surface area (Å²) >= 11 is 0. The van der Waals surface area contributed by atoms with E-state index in [9.17, 15) is 38.7 Å². The zero-order valence-corrected chi connectivity index (χ0v) is 16.9. The van der Waals surface area contributed by atoms with Gasteiger partial charge in [-0.3, -0.25) is 9.42 Å². The largest absolute Gasteiger partial charge is 0.490 e. The first kappa shape index (κ1) is 24.8. The van der Waals surface area contributed by atoms with Crippen LogP contribution in [0.2, 0.25) is 0 Å². The van der Waals surface area contributed by atoms with Gasteiger partial charge < -0.3 is 44.9 Å². The lowest BCUT2D eigenvalue weighted by atomic mass is 10.1. The Morgan fingerprint density at radius 2 is 1.66 bits per heavy atom. The van der Waals surface area contributed by atoms with Gasteiger partial charge in [-0.15, -0.1) is 0 Å². The zero-order chi connectivity index (χ0) is 22.2. The number of hydrogen-bond donors (Lipinski definition) is 8. The second-order valence-electron chi connectivity index (χ2n) is 5.88. The second-order valence-corrected chi connectivity index (χ2v) is 10.3. The highest BCUT2D eigenvalue weighted by atomic mass is 31.3. The Hall–Kier alpha value is -0.480. The van der Waals surface area contributed by atoms with Gasteiger partial charge in [0.1, 0.15) is 24.5 Å². The molecule has 2 saturated heterocycles. The van der Waals surface area contributed by atoms with Crippen LogP contribution in [0.5, 0.6) is 0 Å². The van der Waals surface area contributed by atoms with E-state index in [1.54, 1.807) is 0 Å². The smallest absolute Gasteiger partial charge is 0.387 e. The lowest BCUT2D eigenvalue weighted by Crippen LogP contribution is -2.57. The van der Waals surface area contributed by atoms with E-state index in [0.717, 1.165) is 4.90 Å². The molecular formula is C9H19N2O15P3. The molecule has 0 bridgehead atoms. The lowest BCUT2D eigenvalue weighted by Gasteiger charge is -2.35. The fraction of sp³-hybridized carbons (Fsp3) is 0.889. The Morgan fingerprint density at radius 3 is 2.21 bits per heavy atom. The molecule has 7 atom stereocenters. The van der Waals surface area contributed by atoms with E-state index in [1.165, 1.54) is 0 Å². The highest BCUT2D eigenvalue weighted by molar-refractivity contribution is 7.66. The number of phosphoric ester groups is 1. The Balaban J connectivity index is 1.96. The number of hydrogen-bond acceptors (Lipinski definition) is 11. The maximum atomic E-state index is 11.8. The number of nitrogens with zero attached hydrogens (tertiary/aromatic N) is 1. The number of ether oxygens (including phenoxy) is 1. The number of aliphatic hydroxyl groups is 3. The van der Waals surface area contributed by atoms with Gasteiger partial charge in [-0.25, -0.2) is 18.5 Å². The predicted molar refractivity (Wildman–Crippen MR) is 86.4 cm³/mol. The quantitative estimate of drug-likeness (QED) is 0.164. The summed E-state index contributed by atoms with van der Waals surface area (Å²) in [6, 6.07) is -0.812. The number of phosphoric acid groups is 3. The van der Waals surface area contributed by atoms with Crippen LogP contribution in [0.15, 0.2) is 0 Å². The number of amides is 2. The van der Waals surface area contributed by atoms with Crippen LogP contribution < -0.4 is 5.32 Å². The monoisotopic (exact) mass is 488 g/mol. The minimum absolute atomic E-state index is 0.0516. The average molecular weight is 488 g/mol. The third-order valence-electron chi connectivity index (χ3n) is 3.66. The van der Waals surface area contributed by atoms with Crippen molar-refractivity contribution < 1.29 is 71.3 Å². The molecule has 0 radical (unpaired) electrons. The molecule has 3 unspecified atom stereocenters. The van der Waals surface area contributed by atoms with Crippen LogP contribution in [0.1, 0.15) is 6.42 Å². The summed E-state index contributed by atoms with van der Waals surface area (Å²) in [7, 11) is -16.7. The first-order chi connectivity index (χ1) is 13.1. The van der Waals surface area contributed by atoms with Crippen molar-refractivity contribution in [3.63, 3.8) is 0 Å². The summed E-state index contributed by atoms with van der Waals surface area (Å²) in [5.41, 5.74) is 0. The normalized spacial score (nSPS) is 35.1. The summed E-state index contributed by atoms with van der Waals surface area (Å²) in [5, 5.41) is 31.5. The molecule has 2 fully saturated rings. The fourth-order valence-electron chi connectivity index (χ4n) is 2.50. The number of rotatable bonds is 8. The SMILES string of the molecule is O=C1NC(O)CCN1[C@@H]1O[C@H](COP(=O)(O)OP(=O)(O)OP(=O)(O)O)[C@@H](O)[C@H]1O. The van der Waals surface area contributed by atoms with Crippen molar-refractivity contribution in [2.75, 3.05) is 13.2 Å². The van der Waals surface area contributed by atoms with Gasteiger partial charge in [0.15, 0.2) is 6.23 Å². The molecule has 170 valence electrons. The molecule has 20 heteroatoms. The van der Waals surface area contributed by atoms with Gasteiger partial charge in [-0.1, -0.05) is 0 Å². The van der Waals surface area contributed by atoms with Crippen molar-refractivity contribution in [2.45, 2.75) is 37.2 Å². The highest BCUT2D eigenvalue weighted by Crippen LogP contribution is 2.66. The third-order valence-corrected chi connectivity index (χ3v) is 7.46. The lowest BCUT2D eigenvalue weighted by molar-refractivity contribution is -0.0887. The average Bonchev–Trinajstić information content (AvgIpc) is 2.78. The Labute approximate surface area is 162 Å². The molecule has 2 heterocycles. The minimum Gasteiger partial charge on any atom is -0.387 e. The van der Waals surface area contributed by atoms with E-state index >= 15 is 0 Å². The van der Waals surface area contributed by atoms with Crippen molar-refractivity contribution in [1.82, 2.24) is 10.2 Å². The van der Waals surface area contributed by atoms with E-state index in [4.69, 9.17) is 19.4 Å². The van der Waals surface area contributed by atoms with E-state index < -0.39 is 66.9 Å². The van der Waals surface area contributed by atoms with E-state index in [-0.39, 0.29) is 13.0 Å². The number of carbonyl (C=O) groups is 1. The highest BCUT2D eigenvalue weighted by Gasteiger charge is 2.49. The molecule has 2 rings (SSSR count). The van der Waals surface area contributed by atoms with Gasteiger partial charge in [0.25, 0.3) is 0 Å². The molecule has 0 aromatic heterocycles. The van der Waals surface area contributed by atoms with Gasteiger partial charge in [0.05, 0.1) is 6.61 Å². The summed E-state index contributed by atoms with van der Waals surface area (Å²) in [6.45, 7) is -1.06. The van der Waals surface area contributed by atoms with Crippen LogP contribution in [0.4, 0.5) is 4.79 Å². The maximum Gasteiger partial charge on any atom is 0.490 e. The number of nitrogens with one attached hydrogen (secondary N) is 1. The molecule has 2 aliphatic rings. The molecule has 2 amide bonds. The van der Waals surface area contributed by atoms with Crippen LogP contribution in [-0.2, 0) is 31.6 Å². The summed E-state index contributed by atoms with van der Waals surface area (Å²) in [4.78, 5) is 48.1. The Kier molecular flexibility index (Phi) is 7.64. The Morgan fingerprint density at radius 1 is 1.03 bits per heavy atom. The molecule has 2 aliphatic heterocycles. The van der Waals surface area contributed by atoms with Crippen LogP contribution in [0.25, 0.3) is 0 Å². The topological polar surface area (TPSA) is 262 Å².